The Balaban J connectivity index is 3.85. The van der Waals surface area contributed by atoms with E-state index in [4.69, 9.17) is 24.3 Å². The molecule has 0 aliphatic heterocycles. The Morgan fingerprint density at radius 2 is 0.547 bits per heavy atom. The first kappa shape index (κ1) is 90.6. The van der Waals surface area contributed by atoms with Crippen molar-refractivity contribution in [2.45, 2.75) is 341 Å². The monoisotopic (exact) mass is 1340 g/mol. The fourth-order valence-electron chi connectivity index (χ4n) is 10.7. The molecule has 9 nitrogen and oxygen atoms in total. The molecule has 0 aromatic carbocycles. The summed E-state index contributed by atoms with van der Waals surface area (Å²) >= 11 is 0. The van der Waals surface area contributed by atoms with Gasteiger partial charge in [-0.2, -0.15) is 0 Å². The van der Waals surface area contributed by atoms with E-state index in [0.717, 1.165) is 122 Å². The van der Waals surface area contributed by atoms with Gasteiger partial charge in [0.15, 0.2) is 6.10 Å². The lowest BCUT2D eigenvalue weighted by atomic mass is 10.0. The molecule has 10 heteroatoms. The molecule has 0 spiro atoms. The maximum Gasteiger partial charge on any atom is 0.472 e. The molecule has 0 bridgehead atoms. The normalized spacial score (nSPS) is 13.8. The van der Waals surface area contributed by atoms with Gasteiger partial charge in [-0.25, -0.2) is 4.57 Å². The molecule has 2 atom stereocenters. The lowest BCUT2D eigenvalue weighted by Crippen LogP contribution is -2.29. The Labute approximate surface area is 585 Å². The second-order valence-corrected chi connectivity index (χ2v) is 26.9. The average Bonchev–Trinajstić information content (AvgIpc) is 2.75. The Bertz CT molecular complexity index is 2120. The predicted octanol–water partition coefficient (Wildman–Crippen LogP) is 26.3. The highest BCUT2D eigenvalue weighted by Gasteiger charge is 2.26. The first-order valence-electron chi connectivity index (χ1n) is 39.0. The van der Waals surface area contributed by atoms with E-state index in [1.54, 1.807) is 0 Å². The Hall–Kier alpha value is -4.37. The number of allylic oxidation sites excluding steroid dienone is 26. The summed E-state index contributed by atoms with van der Waals surface area (Å²) in [5.41, 5.74) is 5.41. The van der Waals surface area contributed by atoms with E-state index in [9.17, 15) is 19.0 Å². The number of ether oxygens (including phenoxy) is 2. The van der Waals surface area contributed by atoms with Gasteiger partial charge in [-0.1, -0.05) is 358 Å². The van der Waals surface area contributed by atoms with E-state index in [0.29, 0.717) is 6.42 Å². The highest BCUT2D eigenvalue weighted by molar-refractivity contribution is 7.47. The van der Waals surface area contributed by atoms with Crippen molar-refractivity contribution in [3.8, 4) is 0 Å². The van der Waals surface area contributed by atoms with Crippen molar-refractivity contribution in [3.63, 3.8) is 0 Å². The average molecular weight is 1340 g/mol. The molecular formula is C85H144NO8P. The van der Waals surface area contributed by atoms with Crippen LogP contribution in [0.5, 0.6) is 0 Å². The van der Waals surface area contributed by atoms with Crippen molar-refractivity contribution < 1.29 is 37.6 Å². The van der Waals surface area contributed by atoms with Gasteiger partial charge < -0.3 is 20.1 Å². The van der Waals surface area contributed by atoms with Gasteiger partial charge in [-0.15, -0.1) is 0 Å². The number of rotatable bonds is 72. The summed E-state index contributed by atoms with van der Waals surface area (Å²) in [6, 6.07) is 0. The van der Waals surface area contributed by atoms with Crippen molar-refractivity contribution in [1.29, 1.82) is 0 Å². The van der Waals surface area contributed by atoms with E-state index in [1.807, 2.05) is 0 Å². The molecule has 0 aromatic rings. The number of phosphoric ester groups is 1. The van der Waals surface area contributed by atoms with Gasteiger partial charge in [-0.05, 0) is 122 Å². The zero-order valence-electron chi connectivity index (χ0n) is 61.1. The zero-order valence-corrected chi connectivity index (χ0v) is 62.0. The van der Waals surface area contributed by atoms with E-state index in [2.05, 4.69) is 172 Å². The minimum absolute atomic E-state index is 0.0493. The molecule has 0 aliphatic carbocycles. The highest BCUT2D eigenvalue weighted by atomic mass is 31.2. The van der Waals surface area contributed by atoms with Crippen LogP contribution in [0.15, 0.2) is 158 Å². The van der Waals surface area contributed by atoms with Gasteiger partial charge in [0.05, 0.1) is 13.2 Å². The lowest BCUT2D eigenvalue weighted by Gasteiger charge is -2.19. The summed E-state index contributed by atoms with van der Waals surface area (Å²) in [4.78, 5) is 35.5. The molecule has 0 fully saturated rings. The Kier molecular flexibility index (Phi) is 75.0. The number of phosphoric acid groups is 1. The summed E-state index contributed by atoms with van der Waals surface area (Å²) < 4.78 is 33.3. The first-order chi connectivity index (χ1) is 46.8. The number of carbonyl (C=O) groups excluding carboxylic acids is 2. The Morgan fingerprint density at radius 1 is 0.316 bits per heavy atom. The summed E-state index contributed by atoms with van der Waals surface area (Å²) in [6.45, 7) is 3.54. The van der Waals surface area contributed by atoms with Crippen LogP contribution in [0.4, 0.5) is 0 Å². The quantitative estimate of drug-likeness (QED) is 0.0264. The third-order valence-electron chi connectivity index (χ3n) is 16.4. The molecule has 95 heavy (non-hydrogen) atoms. The van der Waals surface area contributed by atoms with E-state index < -0.39 is 26.5 Å². The molecule has 0 rings (SSSR count). The topological polar surface area (TPSA) is 134 Å². The van der Waals surface area contributed by atoms with Crippen molar-refractivity contribution in [2.24, 2.45) is 5.73 Å². The van der Waals surface area contributed by atoms with Crippen LogP contribution in [-0.2, 0) is 32.7 Å². The van der Waals surface area contributed by atoms with Crippen LogP contribution >= 0.6 is 7.82 Å². The fraction of sp³-hybridized carbons (Fsp3) is 0.671. The number of unbranched alkanes of at least 4 members (excludes halogenated alkanes) is 33. The largest absolute Gasteiger partial charge is 0.472 e. The third kappa shape index (κ3) is 78.5. The smallest absolute Gasteiger partial charge is 0.462 e. The van der Waals surface area contributed by atoms with Crippen LogP contribution in [0.2, 0.25) is 0 Å². The number of hydrogen-bond acceptors (Lipinski definition) is 8. The van der Waals surface area contributed by atoms with Gasteiger partial charge in [0, 0.05) is 19.4 Å². The molecule has 0 aliphatic rings. The molecule has 3 N–H and O–H groups in total. The summed E-state index contributed by atoms with van der Waals surface area (Å²) in [7, 11) is -4.40. The molecule has 2 unspecified atom stereocenters. The van der Waals surface area contributed by atoms with Crippen LogP contribution < -0.4 is 5.73 Å². The van der Waals surface area contributed by atoms with Crippen LogP contribution in [0.25, 0.3) is 0 Å². The molecule has 0 radical (unpaired) electrons. The second-order valence-electron chi connectivity index (χ2n) is 25.5. The van der Waals surface area contributed by atoms with Gasteiger partial charge >= 0.3 is 19.8 Å². The van der Waals surface area contributed by atoms with E-state index in [-0.39, 0.29) is 38.6 Å². The predicted molar refractivity (Wildman–Crippen MR) is 413 cm³/mol. The van der Waals surface area contributed by atoms with Gasteiger partial charge in [0.25, 0.3) is 0 Å². The van der Waals surface area contributed by atoms with Crippen LogP contribution in [0.3, 0.4) is 0 Å². The molecule has 0 amide bonds. The lowest BCUT2D eigenvalue weighted by molar-refractivity contribution is -0.161. The Morgan fingerprint density at radius 3 is 0.811 bits per heavy atom. The molecule has 0 heterocycles. The second kappa shape index (κ2) is 78.6. The van der Waals surface area contributed by atoms with E-state index >= 15 is 0 Å². The minimum atomic E-state index is -4.40. The maximum atomic E-state index is 12.8. The molecular weight excluding hydrogens is 1190 g/mol. The molecule has 0 saturated heterocycles. The van der Waals surface area contributed by atoms with Gasteiger partial charge in [0.2, 0.25) is 0 Å². The van der Waals surface area contributed by atoms with Crippen molar-refractivity contribution in [2.75, 3.05) is 26.4 Å². The first-order valence-corrected chi connectivity index (χ1v) is 40.5. The third-order valence-corrected chi connectivity index (χ3v) is 17.4. The number of esters is 2. The molecule has 542 valence electrons. The van der Waals surface area contributed by atoms with Crippen LogP contribution in [-0.4, -0.2) is 49.3 Å². The number of hydrogen-bond donors (Lipinski definition) is 2. The maximum absolute atomic E-state index is 12.8. The standard InChI is InChI=1S/C85H144NO8P/c1-3-5-7-9-11-13-15-17-19-21-23-25-27-29-31-33-35-37-38-39-40-41-42-43-44-46-48-50-52-54-56-58-60-62-64-66-68-70-72-74-76-78-85(88)94-83(82-93-95(89,90)92-80-79-86)81-91-84(87)77-75-73-71-69-67-65-63-61-59-57-55-53-51-49-47-45-36-34-32-30-28-26-24-22-20-18-16-14-12-10-8-6-4-2/h5-8,11-14,17-20,23-26,29-32,35,37,39-40,42-43,83H,3-4,9-10,15-16,21-22,27-28,33-34,36,38,41,44-82,86H2,1-2H3,(H,89,90)/b7-5-,8-6-,13-11-,14-12-,19-17-,20-18-,25-23-,26-24-,31-29-,32-30-,37-35-,40-39-,43-42-. The zero-order chi connectivity index (χ0) is 68.6. The van der Waals surface area contributed by atoms with Gasteiger partial charge in [-0.3, -0.25) is 18.6 Å². The summed E-state index contributed by atoms with van der Waals surface area (Å²) in [6.07, 6.45) is 115. The highest BCUT2D eigenvalue weighted by Crippen LogP contribution is 2.43. The summed E-state index contributed by atoms with van der Waals surface area (Å²) in [5, 5.41) is 0. The number of nitrogens with two attached hydrogens (primary N) is 1. The van der Waals surface area contributed by atoms with E-state index in [1.165, 1.54) is 180 Å². The minimum Gasteiger partial charge on any atom is -0.462 e. The van der Waals surface area contributed by atoms with Crippen molar-refractivity contribution >= 4 is 19.8 Å². The van der Waals surface area contributed by atoms with Crippen molar-refractivity contribution in [1.82, 2.24) is 0 Å². The molecule has 0 aromatic heterocycles. The van der Waals surface area contributed by atoms with Gasteiger partial charge in [0.1, 0.15) is 6.61 Å². The van der Waals surface area contributed by atoms with Crippen LogP contribution in [0.1, 0.15) is 335 Å². The summed E-state index contributed by atoms with van der Waals surface area (Å²) in [5.74, 6) is -0.821. The SMILES string of the molecule is CC/C=C\C/C=C\C/C=C\C/C=C\C/C=C\C/C=C\C/C=C\C/C=C\CCCCCCCCCCCCCCCCCCC(=O)OC(COC(=O)CCCCCCCCCCCCCCCCCCC/C=C\C/C=C\C/C=C\C/C=C\C/C=C\CC)COP(=O)(O)OCCN. The number of carbonyl (C=O) groups is 2. The van der Waals surface area contributed by atoms with Crippen LogP contribution in [0, 0.1) is 0 Å². The van der Waals surface area contributed by atoms with Crippen molar-refractivity contribution in [3.05, 3.63) is 158 Å². The fourth-order valence-corrected chi connectivity index (χ4v) is 11.5. The molecule has 0 saturated carbocycles.